The third-order valence-electron chi connectivity index (χ3n) is 4.49. The maximum Gasteiger partial charge on any atom is 0.328 e. The van der Waals surface area contributed by atoms with Crippen LogP contribution < -0.4 is 0 Å². The summed E-state index contributed by atoms with van der Waals surface area (Å²) < 4.78 is 10.3. The van der Waals surface area contributed by atoms with Gasteiger partial charge in [-0.25, -0.2) is 4.79 Å². The largest absolute Gasteiger partial charge is 0.480 e. The van der Waals surface area contributed by atoms with Crippen LogP contribution in [-0.2, 0) is 20.7 Å². The minimum Gasteiger partial charge on any atom is -0.480 e. The van der Waals surface area contributed by atoms with E-state index in [4.69, 9.17) is 14.4 Å². The first-order valence-corrected chi connectivity index (χ1v) is 8.07. The lowest BCUT2D eigenvalue weighted by atomic mass is 10.1. The molecule has 0 bridgehead atoms. The third-order valence-corrected chi connectivity index (χ3v) is 4.49. The normalized spacial score (nSPS) is 22.4. The molecule has 2 heterocycles. The molecular weight excluding hydrogens is 302 g/mol. The number of aryl methyl sites for hydroxylation is 1. The van der Waals surface area contributed by atoms with E-state index in [1.165, 1.54) is 17.7 Å². The molecule has 1 aromatic rings. The highest BCUT2D eigenvalue weighted by Gasteiger charge is 2.32. The molecule has 1 amide bonds. The van der Waals surface area contributed by atoms with Crippen molar-refractivity contribution in [3.8, 4) is 0 Å². The van der Waals surface area contributed by atoms with Gasteiger partial charge in [-0.1, -0.05) is 18.0 Å². The molecule has 1 aromatic heterocycles. The highest BCUT2D eigenvalue weighted by molar-refractivity contribution is 5.84. The lowest BCUT2D eigenvalue weighted by Gasteiger charge is -2.32. The second-order valence-electron chi connectivity index (χ2n) is 6.04. The topological polar surface area (TPSA) is 106 Å². The second kappa shape index (κ2) is 7.08. The summed E-state index contributed by atoms with van der Waals surface area (Å²) in [5, 5.41) is 13.2. The van der Waals surface area contributed by atoms with E-state index in [2.05, 4.69) is 10.1 Å². The number of aromatic nitrogens is 2. The van der Waals surface area contributed by atoms with Gasteiger partial charge in [0.1, 0.15) is 0 Å². The molecule has 1 saturated heterocycles. The molecule has 1 aliphatic heterocycles. The number of ether oxygens (including phenoxy) is 1. The summed E-state index contributed by atoms with van der Waals surface area (Å²) in [5.41, 5.74) is 0. The van der Waals surface area contributed by atoms with Crippen LogP contribution in [0.25, 0.3) is 0 Å². The number of morpholine rings is 1. The highest BCUT2D eigenvalue weighted by Crippen LogP contribution is 2.32. The molecule has 2 fully saturated rings. The Bertz CT molecular complexity index is 567. The van der Waals surface area contributed by atoms with Gasteiger partial charge >= 0.3 is 5.97 Å². The molecule has 2 aliphatic rings. The number of carbonyl (C=O) groups excluding carboxylic acids is 1. The summed E-state index contributed by atoms with van der Waals surface area (Å²) in [7, 11) is 0. The van der Waals surface area contributed by atoms with Gasteiger partial charge in [-0.3, -0.25) is 4.79 Å². The molecule has 126 valence electrons. The minimum absolute atomic E-state index is 0.0352. The molecule has 0 aromatic carbocycles. The molecule has 1 atom stereocenters. The molecule has 1 aliphatic carbocycles. The van der Waals surface area contributed by atoms with Gasteiger partial charge < -0.3 is 19.3 Å². The van der Waals surface area contributed by atoms with Crippen molar-refractivity contribution in [2.45, 2.75) is 50.5 Å². The summed E-state index contributed by atoms with van der Waals surface area (Å²) in [6.07, 6.45) is 5.07. The van der Waals surface area contributed by atoms with Gasteiger partial charge in [-0.2, -0.15) is 4.98 Å². The van der Waals surface area contributed by atoms with Crippen LogP contribution in [0.5, 0.6) is 0 Å². The van der Waals surface area contributed by atoms with Gasteiger partial charge in [0.15, 0.2) is 11.9 Å². The van der Waals surface area contributed by atoms with Crippen molar-refractivity contribution >= 4 is 11.9 Å². The summed E-state index contributed by atoms with van der Waals surface area (Å²) in [6.45, 7) is 0.697. The fraction of sp³-hybridized carbons (Fsp3) is 0.733. The van der Waals surface area contributed by atoms with Gasteiger partial charge in [0, 0.05) is 25.3 Å². The quantitative estimate of drug-likeness (QED) is 0.860. The number of hydrogen-bond acceptors (Lipinski definition) is 6. The van der Waals surface area contributed by atoms with E-state index in [9.17, 15) is 9.59 Å². The van der Waals surface area contributed by atoms with Crippen molar-refractivity contribution in [2.75, 3.05) is 19.8 Å². The van der Waals surface area contributed by atoms with E-state index in [-0.39, 0.29) is 18.9 Å². The Morgan fingerprint density at radius 2 is 2.09 bits per heavy atom. The summed E-state index contributed by atoms with van der Waals surface area (Å²) in [6, 6.07) is -0.909. The number of nitrogens with zero attached hydrogens (tertiary/aromatic N) is 3. The zero-order valence-electron chi connectivity index (χ0n) is 12.9. The van der Waals surface area contributed by atoms with Crippen LogP contribution in [0.3, 0.4) is 0 Å². The van der Waals surface area contributed by atoms with Crippen LogP contribution in [-0.4, -0.2) is 57.8 Å². The third kappa shape index (κ3) is 3.69. The molecule has 0 radical (unpaired) electrons. The maximum atomic E-state index is 12.3. The number of aliphatic carboxylic acids is 1. The predicted octanol–water partition coefficient (Wildman–Crippen LogP) is 0.972. The SMILES string of the molecule is O=C(O)C1COCCN1C(=O)CCc1nc(C2CCCC2)no1. The number of carboxylic acids is 1. The number of hydrogen-bond donors (Lipinski definition) is 1. The van der Waals surface area contributed by atoms with Crippen LogP contribution in [0.2, 0.25) is 0 Å². The van der Waals surface area contributed by atoms with Crippen LogP contribution in [0.4, 0.5) is 0 Å². The van der Waals surface area contributed by atoms with E-state index in [1.54, 1.807) is 0 Å². The van der Waals surface area contributed by atoms with Gasteiger partial charge in [0.25, 0.3) is 0 Å². The lowest BCUT2D eigenvalue weighted by Crippen LogP contribution is -2.52. The predicted molar refractivity (Wildman–Crippen MR) is 77.8 cm³/mol. The zero-order chi connectivity index (χ0) is 16.2. The van der Waals surface area contributed by atoms with E-state index in [1.807, 2.05) is 0 Å². The van der Waals surface area contributed by atoms with Gasteiger partial charge in [-0.05, 0) is 12.8 Å². The van der Waals surface area contributed by atoms with Gasteiger partial charge in [0.05, 0.1) is 13.2 Å². The first-order chi connectivity index (χ1) is 11.1. The Balaban J connectivity index is 1.54. The van der Waals surface area contributed by atoms with Gasteiger partial charge in [-0.15, -0.1) is 0 Å². The molecule has 1 saturated carbocycles. The number of rotatable bonds is 5. The van der Waals surface area contributed by atoms with Crippen LogP contribution in [0.15, 0.2) is 4.52 Å². The zero-order valence-corrected chi connectivity index (χ0v) is 12.9. The summed E-state index contributed by atoms with van der Waals surface area (Å²) in [5.74, 6) is 0.291. The van der Waals surface area contributed by atoms with Crippen molar-refractivity contribution in [1.82, 2.24) is 15.0 Å². The fourth-order valence-electron chi connectivity index (χ4n) is 3.18. The van der Waals surface area contributed by atoms with Crippen LogP contribution in [0.1, 0.15) is 49.7 Å². The molecule has 8 heteroatoms. The highest BCUT2D eigenvalue weighted by atomic mass is 16.5. The van der Waals surface area contributed by atoms with Gasteiger partial charge in [0.2, 0.25) is 11.8 Å². The standard InChI is InChI=1S/C15H21N3O5/c19-13(18-7-8-22-9-11(18)15(20)21)6-5-12-16-14(17-23-12)10-3-1-2-4-10/h10-11H,1-9H2,(H,20,21). The molecule has 1 N–H and O–H groups in total. The smallest absolute Gasteiger partial charge is 0.328 e. The first-order valence-electron chi connectivity index (χ1n) is 8.07. The van der Waals surface area contributed by atoms with Crippen molar-refractivity contribution < 1.29 is 24.0 Å². The second-order valence-corrected chi connectivity index (χ2v) is 6.04. The van der Waals surface area contributed by atoms with E-state index >= 15 is 0 Å². The average molecular weight is 323 g/mol. The van der Waals surface area contributed by atoms with Crippen molar-refractivity contribution in [1.29, 1.82) is 0 Å². The minimum atomic E-state index is -1.04. The first kappa shape index (κ1) is 15.9. The fourth-order valence-corrected chi connectivity index (χ4v) is 3.18. The molecule has 23 heavy (non-hydrogen) atoms. The Labute approximate surface area is 133 Å². The van der Waals surface area contributed by atoms with Crippen molar-refractivity contribution in [3.05, 3.63) is 11.7 Å². The van der Waals surface area contributed by atoms with Crippen molar-refractivity contribution in [3.63, 3.8) is 0 Å². The molecule has 1 unspecified atom stereocenters. The Hall–Kier alpha value is -1.96. The summed E-state index contributed by atoms with van der Waals surface area (Å²) in [4.78, 5) is 29.2. The maximum absolute atomic E-state index is 12.3. The molecular formula is C15H21N3O5. The molecule has 0 spiro atoms. The Morgan fingerprint density at radius 3 is 2.83 bits per heavy atom. The lowest BCUT2D eigenvalue weighted by molar-refractivity contribution is -0.158. The van der Waals surface area contributed by atoms with Crippen LogP contribution >= 0.6 is 0 Å². The number of amides is 1. The van der Waals surface area contributed by atoms with E-state index < -0.39 is 12.0 Å². The Kier molecular flexibility index (Phi) is 4.90. The molecule has 8 nitrogen and oxygen atoms in total. The Morgan fingerprint density at radius 1 is 1.30 bits per heavy atom. The average Bonchev–Trinajstić information content (AvgIpc) is 3.23. The van der Waals surface area contributed by atoms with E-state index in [0.717, 1.165) is 18.7 Å². The molecule has 3 rings (SSSR count). The number of carbonyl (C=O) groups is 2. The number of carboxylic acid groups (broad SMARTS) is 1. The monoisotopic (exact) mass is 323 g/mol. The van der Waals surface area contributed by atoms with Crippen LogP contribution in [0, 0.1) is 0 Å². The van der Waals surface area contributed by atoms with E-state index in [0.29, 0.717) is 31.4 Å². The van der Waals surface area contributed by atoms with Crippen molar-refractivity contribution in [2.24, 2.45) is 0 Å². The summed E-state index contributed by atoms with van der Waals surface area (Å²) >= 11 is 0.